The molecule has 1 rings (SSSR count). The molecule has 2 N–H and O–H groups in total. The molecule has 0 saturated heterocycles. The van der Waals surface area contributed by atoms with Gasteiger partial charge in [-0.05, 0) is 43.0 Å². The van der Waals surface area contributed by atoms with Crippen molar-refractivity contribution in [3.05, 3.63) is 28.8 Å². The van der Waals surface area contributed by atoms with E-state index in [0.717, 1.165) is 11.3 Å². The zero-order valence-corrected chi connectivity index (χ0v) is 13.2. The molecule has 0 aliphatic rings. The minimum atomic E-state index is -0.270. The van der Waals surface area contributed by atoms with Crippen molar-refractivity contribution in [3.63, 3.8) is 0 Å². The summed E-state index contributed by atoms with van der Waals surface area (Å²) in [5.74, 6) is 0.548. The van der Waals surface area contributed by atoms with Crippen LogP contribution in [0.5, 0.6) is 5.75 Å². The van der Waals surface area contributed by atoms with Crippen molar-refractivity contribution in [2.75, 3.05) is 27.4 Å². The van der Waals surface area contributed by atoms with Crippen molar-refractivity contribution in [1.82, 2.24) is 5.32 Å². The van der Waals surface area contributed by atoms with Gasteiger partial charge in [-0.25, -0.2) is 0 Å². The second-order valence-electron chi connectivity index (χ2n) is 5.11. The fourth-order valence-electron chi connectivity index (χ4n) is 2.23. The van der Waals surface area contributed by atoms with Gasteiger partial charge >= 0.3 is 5.97 Å². The van der Waals surface area contributed by atoms with E-state index in [1.54, 1.807) is 7.11 Å². The Kier molecular flexibility index (Phi) is 7.19. The van der Waals surface area contributed by atoms with Gasteiger partial charge < -0.3 is 19.9 Å². The molecule has 118 valence electrons. The molecule has 1 atom stereocenters. The molecule has 0 radical (unpaired) electrons. The number of ether oxygens (including phenoxy) is 2. The molecule has 0 saturated carbocycles. The molecule has 5 heteroatoms. The molecule has 0 aromatic heterocycles. The summed E-state index contributed by atoms with van der Waals surface area (Å²) < 4.78 is 10.1. The summed E-state index contributed by atoms with van der Waals surface area (Å²) in [6, 6.07) is 3.99. The van der Waals surface area contributed by atoms with Crippen LogP contribution < -0.4 is 10.1 Å². The van der Waals surface area contributed by atoms with E-state index < -0.39 is 0 Å². The number of carbonyl (C=O) groups excluding carboxylic acids is 1. The van der Waals surface area contributed by atoms with Crippen molar-refractivity contribution in [1.29, 1.82) is 0 Å². The van der Waals surface area contributed by atoms with E-state index >= 15 is 0 Å². The molecule has 0 aliphatic heterocycles. The van der Waals surface area contributed by atoms with Crippen LogP contribution in [0.25, 0.3) is 0 Å². The van der Waals surface area contributed by atoms with E-state index in [1.165, 1.54) is 18.2 Å². The van der Waals surface area contributed by atoms with Crippen LogP contribution in [0.1, 0.15) is 23.1 Å². The Hall–Kier alpha value is -1.59. The maximum atomic E-state index is 11.5. The highest BCUT2D eigenvalue weighted by atomic mass is 16.5. The van der Waals surface area contributed by atoms with Crippen molar-refractivity contribution >= 4 is 5.97 Å². The fraction of sp³-hybridized carbons (Fsp3) is 0.562. The molecule has 0 fully saturated rings. The summed E-state index contributed by atoms with van der Waals surface area (Å²) in [7, 11) is 3.02. The van der Waals surface area contributed by atoms with Crippen LogP contribution in [-0.2, 0) is 16.0 Å². The standard InChI is InChI=1S/C16H25NO4/c1-11-7-13(15(20-3)8-12(11)2)9-14(17-5-6-18)10-16(19)21-4/h7-8,14,17-18H,5-6,9-10H2,1-4H3. The number of aryl methyl sites for hydroxylation is 2. The number of hydrogen-bond donors (Lipinski definition) is 2. The first-order valence-electron chi connectivity index (χ1n) is 7.07. The van der Waals surface area contributed by atoms with Gasteiger partial charge in [0.15, 0.2) is 0 Å². The van der Waals surface area contributed by atoms with E-state index in [4.69, 9.17) is 14.6 Å². The summed E-state index contributed by atoms with van der Waals surface area (Å²) in [6.45, 7) is 4.56. The number of esters is 1. The number of carbonyl (C=O) groups is 1. The average molecular weight is 295 g/mol. The van der Waals surface area contributed by atoms with Crippen molar-refractivity contribution < 1.29 is 19.4 Å². The quantitative estimate of drug-likeness (QED) is 0.709. The van der Waals surface area contributed by atoms with Crippen molar-refractivity contribution in [3.8, 4) is 5.75 Å². The highest BCUT2D eigenvalue weighted by molar-refractivity contribution is 5.70. The second-order valence-corrected chi connectivity index (χ2v) is 5.11. The first-order chi connectivity index (χ1) is 10.0. The smallest absolute Gasteiger partial charge is 0.307 e. The highest BCUT2D eigenvalue weighted by Gasteiger charge is 2.17. The molecule has 0 aliphatic carbocycles. The molecular weight excluding hydrogens is 270 g/mol. The largest absolute Gasteiger partial charge is 0.496 e. The summed E-state index contributed by atoms with van der Waals surface area (Å²) in [5.41, 5.74) is 3.40. The third-order valence-corrected chi connectivity index (χ3v) is 3.55. The lowest BCUT2D eigenvalue weighted by Gasteiger charge is -2.19. The number of benzene rings is 1. The summed E-state index contributed by atoms with van der Waals surface area (Å²) in [6.07, 6.45) is 0.895. The molecular formula is C16H25NO4. The lowest BCUT2D eigenvalue weighted by Crippen LogP contribution is -2.35. The number of methoxy groups -OCH3 is 2. The Morgan fingerprint density at radius 1 is 1.29 bits per heavy atom. The van der Waals surface area contributed by atoms with Crippen LogP contribution in [0.2, 0.25) is 0 Å². The zero-order chi connectivity index (χ0) is 15.8. The van der Waals surface area contributed by atoms with Gasteiger partial charge in [0.1, 0.15) is 5.75 Å². The van der Waals surface area contributed by atoms with Crippen molar-refractivity contribution in [2.45, 2.75) is 32.7 Å². The van der Waals surface area contributed by atoms with Crippen LogP contribution >= 0.6 is 0 Å². The van der Waals surface area contributed by atoms with Crippen molar-refractivity contribution in [2.24, 2.45) is 0 Å². The Bertz CT molecular complexity index is 474. The van der Waals surface area contributed by atoms with Gasteiger partial charge in [-0.1, -0.05) is 6.07 Å². The Labute approximate surface area is 126 Å². The predicted molar refractivity (Wildman–Crippen MR) is 81.7 cm³/mol. The molecule has 1 aromatic rings. The second kappa shape index (κ2) is 8.64. The molecule has 0 heterocycles. The number of rotatable bonds is 8. The summed E-state index contributed by atoms with van der Waals surface area (Å²) >= 11 is 0. The third kappa shape index (κ3) is 5.36. The lowest BCUT2D eigenvalue weighted by molar-refractivity contribution is -0.141. The molecule has 0 spiro atoms. The van der Waals surface area contributed by atoms with Crippen LogP contribution in [0.4, 0.5) is 0 Å². The van der Waals surface area contributed by atoms with E-state index in [2.05, 4.69) is 18.3 Å². The Morgan fingerprint density at radius 3 is 2.52 bits per heavy atom. The maximum absolute atomic E-state index is 11.5. The Morgan fingerprint density at radius 2 is 1.95 bits per heavy atom. The average Bonchev–Trinajstić information content (AvgIpc) is 2.47. The van der Waals surface area contributed by atoms with Gasteiger partial charge in [0.2, 0.25) is 0 Å². The molecule has 0 amide bonds. The number of aliphatic hydroxyl groups excluding tert-OH is 1. The van der Waals surface area contributed by atoms with Crippen LogP contribution in [-0.4, -0.2) is 44.5 Å². The number of aliphatic hydroxyl groups is 1. The molecule has 21 heavy (non-hydrogen) atoms. The number of nitrogens with one attached hydrogen (secondary N) is 1. The SMILES string of the molecule is COC(=O)CC(Cc1cc(C)c(C)cc1OC)NCCO. The van der Waals surface area contributed by atoms with Crippen LogP contribution in [0.15, 0.2) is 12.1 Å². The van der Waals surface area contributed by atoms with Gasteiger partial charge in [0, 0.05) is 12.6 Å². The van der Waals surface area contributed by atoms with E-state index in [9.17, 15) is 4.79 Å². The minimum Gasteiger partial charge on any atom is -0.496 e. The fourth-order valence-corrected chi connectivity index (χ4v) is 2.23. The summed E-state index contributed by atoms with van der Waals surface area (Å²) in [5, 5.41) is 12.1. The van der Waals surface area contributed by atoms with Gasteiger partial charge in [0.05, 0.1) is 27.2 Å². The Balaban J connectivity index is 2.90. The van der Waals surface area contributed by atoms with E-state index in [-0.39, 0.29) is 25.0 Å². The molecule has 1 aromatic carbocycles. The zero-order valence-electron chi connectivity index (χ0n) is 13.2. The monoisotopic (exact) mass is 295 g/mol. The van der Waals surface area contributed by atoms with Gasteiger partial charge in [-0.15, -0.1) is 0 Å². The topological polar surface area (TPSA) is 67.8 Å². The number of hydrogen-bond acceptors (Lipinski definition) is 5. The van der Waals surface area contributed by atoms with Gasteiger partial charge in [-0.2, -0.15) is 0 Å². The molecule has 1 unspecified atom stereocenters. The van der Waals surface area contributed by atoms with Crippen LogP contribution in [0, 0.1) is 13.8 Å². The van der Waals surface area contributed by atoms with Gasteiger partial charge in [0.25, 0.3) is 0 Å². The first kappa shape index (κ1) is 17.5. The van der Waals surface area contributed by atoms with Gasteiger partial charge in [-0.3, -0.25) is 4.79 Å². The maximum Gasteiger partial charge on any atom is 0.307 e. The normalized spacial score (nSPS) is 12.0. The third-order valence-electron chi connectivity index (χ3n) is 3.55. The van der Waals surface area contributed by atoms with Crippen LogP contribution in [0.3, 0.4) is 0 Å². The van der Waals surface area contributed by atoms with E-state index in [0.29, 0.717) is 13.0 Å². The predicted octanol–water partition coefficient (Wildman–Crippen LogP) is 1.37. The molecule has 0 bridgehead atoms. The minimum absolute atomic E-state index is 0.0295. The summed E-state index contributed by atoms with van der Waals surface area (Å²) in [4.78, 5) is 11.5. The van der Waals surface area contributed by atoms with E-state index in [1.807, 2.05) is 13.0 Å². The first-order valence-corrected chi connectivity index (χ1v) is 7.07. The lowest BCUT2D eigenvalue weighted by atomic mass is 9.98. The highest BCUT2D eigenvalue weighted by Crippen LogP contribution is 2.24. The molecule has 5 nitrogen and oxygen atoms in total.